The Morgan fingerprint density at radius 2 is 2.00 bits per heavy atom. The maximum atomic E-state index is 13.8. The molecule has 0 fully saturated rings. The van der Waals surface area contributed by atoms with E-state index in [1.54, 1.807) is 25.1 Å². The third kappa shape index (κ3) is 4.35. The average Bonchev–Trinajstić information content (AvgIpc) is 3.20. The van der Waals surface area contributed by atoms with Gasteiger partial charge in [0.2, 0.25) is 11.8 Å². The fourth-order valence-corrected chi connectivity index (χ4v) is 3.50. The van der Waals surface area contributed by atoms with Crippen molar-refractivity contribution in [3.05, 3.63) is 81.1 Å². The van der Waals surface area contributed by atoms with Gasteiger partial charge in [0.15, 0.2) is 5.02 Å². The number of aliphatic hydroxyl groups is 1. The predicted molar refractivity (Wildman–Crippen MR) is 116 cm³/mol. The fraction of sp³-hybridized carbons (Fsp3) is 0.182. The number of benzene rings is 2. The summed E-state index contributed by atoms with van der Waals surface area (Å²) in [5.74, 6) is -1.76. The quantitative estimate of drug-likeness (QED) is 0.459. The highest BCUT2D eigenvalue weighted by molar-refractivity contribution is 6.31. The van der Waals surface area contributed by atoms with E-state index in [0.29, 0.717) is 16.7 Å². The van der Waals surface area contributed by atoms with Crippen molar-refractivity contribution in [1.82, 2.24) is 19.1 Å². The molecule has 0 bridgehead atoms. The average molecular weight is 475 g/mol. The summed E-state index contributed by atoms with van der Waals surface area (Å²) in [6.07, 6.45) is 1.30. The number of hydrogen-bond donors (Lipinski definition) is 1. The van der Waals surface area contributed by atoms with Gasteiger partial charge in [-0.25, -0.2) is 13.8 Å². The van der Waals surface area contributed by atoms with Crippen LogP contribution in [0.15, 0.2) is 47.5 Å². The zero-order valence-electron chi connectivity index (χ0n) is 17.3. The van der Waals surface area contributed by atoms with Crippen molar-refractivity contribution in [1.29, 1.82) is 0 Å². The second-order valence-corrected chi connectivity index (χ2v) is 7.48. The van der Waals surface area contributed by atoms with Crippen LogP contribution >= 0.6 is 11.6 Å². The summed E-state index contributed by atoms with van der Waals surface area (Å²) in [6, 6.07) is 7.87. The Kier molecular flexibility index (Phi) is 6.21. The molecule has 0 saturated carbocycles. The normalized spacial score (nSPS) is 11.2. The molecule has 0 amide bonds. The molecule has 0 aliphatic carbocycles. The zero-order chi connectivity index (χ0) is 23.7. The van der Waals surface area contributed by atoms with E-state index in [0.717, 1.165) is 12.1 Å². The first-order valence-corrected chi connectivity index (χ1v) is 10.2. The summed E-state index contributed by atoms with van der Waals surface area (Å²) in [7, 11) is 0. The minimum atomic E-state index is -0.790. The number of aromatic nitrogens is 4. The van der Waals surface area contributed by atoms with Crippen LogP contribution in [0.2, 0.25) is 5.02 Å². The Morgan fingerprint density at radius 1 is 1.21 bits per heavy atom. The highest BCUT2D eigenvalue weighted by Gasteiger charge is 2.18. The lowest BCUT2D eigenvalue weighted by molar-refractivity contribution is 0.0880. The molecule has 2 aromatic heterocycles. The molecule has 0 saturated heterocycles. The molecule has 4 rings (SSSR count). The first-order chi connectivity index (χ1) is 15.8. The van der Waals surface area contributed by atoms with Gasteiger partial charge in [0.1, 0.15) is 30.4 Å². The molecule has 0 aliphatic heterocycles. The van der Waals surface area contributed by atoms with Crippen molar-refractivity contribution >= 4 is 28.5 Å². The number of halogens is 3. The van der Waals surface area contributed by atoms with Crippen LogP contribution in [0.4, 0.5) is 8.78 Å². The summed E-state index contributed by atoms with van der Waals surface area (Å²) in [5, 5.41) is 8.67. The maximum Gasteiger partial charge on any atom is 0.280 e. The van der Waals surface area contributed by atoms with Crippen molar-refractivity contribution in [3.63, 3.8) is 0 Å². The monoisotopic (exact) mass is 474 g/mol. The number of carbonyl (C=O) groups excluding carboxylic acids is 1. The molecule has 2 aromatic carbocycles. The smallest absolute Gasteiger partial charge is 0.280 e. The van der Waals surface area contributed by atoms with Gasteiger partial charge in [0.25, 0.3) is 5.56 Å². The number of hydrogen-bond acceptors (Lipinski definition) is 6. The number of rotatable bonds is 6. The van der Waals surface area contributed by atoms with Crippen molar-refractivity contribution < 1.29 is 23.4 Å². The molecule has 170 valence electrons. The van der Waals surface area contributed by atoms with E-state index in [1.807, 2.05) is 0 Å². The lowest BCUT2D eigenvalue weighted by Gasteiger charge is -2.13. The van der Waals surface area contributed by atoms with Gasteiger partial charge in [0, 0.05) is 11.6 Å². The van der Waals surface area contributed by atoms with Crippen LogP contribution in [-0.2, 0) is 6.61 Å². The van der Waals surface area contributed by atoms with Crippen LogP contribution in [0.5, 0.6) is 5.88 Å². The van der Waals surface area contributed by atoms with Crippen LogP contribution in [-0.4, -0.2) is 36.7 Å². The summed E-state index contributed by atoms with van der Waals surface area (Å²) < 4.78 is 34.9. The van der Waals surface area contributed by atoms with Crippen molar-refractivity contribution in [2.45, 2.75) is 20.0 Å². The Bertz CT molecular complexity index is 1430. The van der Waals surface area contributed by atoms with Gasteiger partial charge in [-0.1, -0.05) is 11.6 Å². The molecule has 2 heterocycles. The largest absolute Gasteiger partial charge is 0.471 e. The molecule has 11 heteroatoms. The van der Waals surface area contributed by atoms with Crippen LogP contribution in [0, 0.1) is 18.6 Å². The molecule has 0 spiro atoms. The van der Waals surface area contributed by atoms with E-state index >= 15 is 0 Å². The molecular weight excluding hydrogens is 458 g/mol. The fourth-order valence-electron chi connectivity index (χ4n) is 3.32. The second-order valence-electron chi connectivity index (χ2n) is 7.10. The molecule has 4 aromatic rings. The van der Waals surface area contributed by atoms with Gasteiger partial charge in [-0.15, -0.1) is 0 Å². The van der Waals surface area contributed by atoms with Crippen molar-refractivity contribution in [2.24, 2.45) is 0 Å². The number of ether oxygens (including phenoxy) is 1. The van der Waals surface area contributed by atoms with Crippen LogP contribution in [0.25, 0.3) is 16.7 Å². The Labute approximate surface area is 190 Å². The van der Waals surface area contributed by atoms with E-state index in [9.17, 15) is 18.4 Å². The highest BCUT2D eigenvalue weighted by atomic mass is 35.5. The second kappa shape index (κ2) is 9.08. The minimum absolute atomic E-state index is 0.0470. The molecule has 33 heavy (non-hydrogen) atoms. The number of aliphatic hydroxyl groups excluding tert-OH is 1. The lowest BCUT2D eigenvalue weighted by Crippen LogP contribution is -2.23. The highest BCUT2D eigenvalue weighted by Crippen LogP contribution is 2.23. The standard InChI is InChI=1S/C22H17ClF2N4O4/c1-12-27-21(33-10-13-2-3-14(24)8-16(13)25)20(23)22(32)29(12)15-4-5-18-17(9-15)26-11-28(18)19(31)6-7-30/h2-5,8-9,11,30H,6-7,10H2,1H3. The zero-order valence-corrected chi connectivity index (χ0v) is 18.0. The van der Waals surface area contributed by atoms with Gasteiger partial charge in [-0.2, -0.15) is 4.98 Å². The van der Waals surface area contributed by atoms with Crippen LogP contribution in [0.1, 0.15) is 22.6 Å². The van der Waals surface area contributed by atoms with Gasteiger partial charge in [-0.3, -0.25) is 18.7 Å². The van der Waals surface area contributed by atoms with Crippen molar-refractivity contribution in [2.75, 3.05) is 6.61 Å². The molecular formula is C22H17ClF2N4O4. The Morgan fingerprint density at radius 3 is 2.73 bits per heavy atom. The molecule has 0 atom stereocenters. The summed E-state index contributed by atoms with van der Waals surface area (Å²) in [5.41, 5.74) is 0.841. The molecule has 0 radical (unpaired) electrons. The first-order valence-electron chi connectivity index (χ1n) is 9.77. The third-order valence-electron chi connectivity index (χ3n) is 4.93. The molecule has 0 unspecified atom stereocenters. The first kappa shape index (κ1) is 22.6. The van der Waals surface area contributed by atoms with E-state index in [2.05, 4.69) is 9.97 Å². The van der Waals surface area contributed by atoms with E-state index < -0.39 is 17.2 Å². The van der Waals surface area contributed by atoms with Crippen LogP contribution < -0.4 is 10.3 Å². The predicted octanol–water partition coefficient (Wildman–Crippen LogP) is 3.42. The van der Waals surface area contributed by atoms with Gasteiger partial charge in [-0.05, 0) is 37.3 Å². The summed E-state index contributed by atoms with van der Waals surface area (Å²) in [4.78, 5) is 33.4. The van der Waals surface area contributed by atoms with Gasteiger partial charge in [0.05, 0.1) is 29.7 Å². The Balaban J connectivity index is 1.66. The topological polar surface area (TPSA) is 99.2 Å². The van der Waals surface area contributed by atoms with Crippen LogP contribution in [0.3, 0.4) is 0 Å². The van der Waals surface area contributed by atoms with Gasteiger partial charge < -0.3 is 9.84 Å². The molecule has 1 N–H and O–H groups in total. The number of imidazole rings is 1. The SMILES string of the molecule is Cc1nc(OCc2ccc(F)cc2F)c(Cl)c(=O)n1-c1ccc2c(c1)ncn2C(=O)CCO. The molecule has 0 aliphatic rings. The number of aryl methyl sites for hydroxylation is 1. The Hall–Kier alpha value is -3.63. The summed E-state index contributed by atoms with van der Waals surface area (Å²) >= 11 is 6.19. The third-order valence-corrected chi connectivity index (χ3v) is 5.25. The van der Waals surface area contributed by atoms with E-state index in [4.69, 9.17) is 21.4 Å². The van der Waals surface area contributed by atoms with E-state index in [1.165, 1.54) is 21.5 Å². The van der Waals surface area contributed by atoms with Gasteiger partial charge >= 0.3 is 0 Å². The number of fused-ring (bicyclic) bond motifs is 1. The lowest BCUT2D eigenvalue weighted by atomic mass is 10.2. The van der Waals surface area contributed by atoms with Crippen molar-refractivity contribution in [3.8, 4) is 11.6 Å². The van der Waals surface area contributed by atoms with E-state index in [-0.39, 0.29) is 47.8 Å². The number of nitrogens with zero attached hydrogens (tertiary/aromatic N) is 4. The molecule has 8 nitrogen and oxygen atoms in total. The minimum Gasteiger partial charge on any atom is -0.471 e. The number of carbonyl (C=O) groups is 1. The maximum absolute atomic E-state index is 13.8. The summed E-state index contributed by atoms with van der Waals surface area (Å²) in [6.45, 7) is 0.987.